The molecule has 6 N–H and O–H groups in total. The predicted molar refractivity (Wildman–Crippen MR) is 37.7 cm³/mol. The van der Waals surface area contributed by atoms with Crippen LogP contribution in [0.3, 0.4) is 0 Å². The van der Waals surface area contributed by atoms with E-state index in [1.54, 1.807) is 0 Å². The van der Waals surface area contributed by atoms with E-state index in [9.17, 15) is 9.59 Å². The summed E-state index contributed by atoms with van der Waals surface area (Å²) >= 11 is 0. The van der Waals surface area contributed by atoms with Crippen molar-refractivity contribution in [2.75, 3.05) is 0 Å². The Morgan fingerprint density at radius 2 is 1.58 bits per heavy atom. The molecule has 0 aliphatic heterocycles. The minimum Gasteiger partial charge on any atom is -0.373 e. The highest BCUT2D eigenvalue weighted by atomic mass is 16.7. The zero-order chi connectivity index (χ0) is 9.72. The lowest BCUT2D eigenvalue weighted by Gasteiger charge is -2.13. The normalized spacial score (nSPS) is 14.7. The van der Waals surface area contributed by atoms with Crippen LogP contribution >= 0.6 is 0 Å². The van der Waals surface area contributed by atoms with Gasteiger partial charge in [0.1, 0.15) is 6.04 Å². The van der Waals surface area contributed by atoms with E-state index in [1.807, 2.05) is 0 Å². The van der Waals surface area contributed by atoms with E-state index in [0.717, 1.165) is 0 Å². The van der Waals surface area contributed by atoms with Crippen LogP contribution in [0.4, 0.5) is 0 Å². The average Bonchev–Trinajstić information content (AvgIpc) is 2.12. The Labute approximate surface area is 68.7 Å². The average molecular weight is 177 g/mol. The van der Waals surface area contributed by atoms with Crippen molar-refractivity contribution in [3.63, 3.8) is 0 Å². The summed E-state index contributed by atoms with van der Waals surface area (Å²) in [6.07, 6.45) is 0. The first-order valence-electron chi connectivity index (χ1n) is 3.11. The molecule has 0 heterocycles. The highest BCUT2D eigenvalue weighted by Crippen LogP contribution is 2.02. The molecule has 0 amide bonds. The van der Waals surface area contributed by atoms with Crippen molar-refractivity contribution in [1.82, 2.24) is 0 Å². The molecular weight excluding hydrogens is 166 g/mol. The Balaban J connectivity index is 4.18. The molecule has 12 heavy (non-hydrogen) atoms. The SMILES string of the molecule is CC(C(=O)ON)C(N)C(=O)ON. The van der Waals surface area contributed by atoms with Gasteiger partial charge in [-0.15, -0.1) is 0 Å². The second-order valence-corrected chi connectivity index (χ2v) is 2.19. The van der Waals surface area contributed by atoms with Gasteiger partial charge in [-0.1, -0.05) is 0 Å². The van der Waals surface area contributed by atoms with Gasteiger partial charge in [-0.05, 0) is 6.92 Å². The summed E-state index contributed by atoms with van der Waals surface area (Å²) in [5, 5.41) is 0. The maximum atomic E-state index is 10.7. The Kier molecular flexibility index (Phi) is 4.19. The topological polar surface area (TPSA) is 131 Å². The minimum atomic E-state index is -1.16. The molecule has 0 spiro atoms. The lowest BCUT2D eigenvalue weighted by Crippen LogP contribution is -2.43. The molecule has 0 aromatic carbocycles. The monoisotopic (exact) mass is 177 g/mol. The van der Waals surface area contributed by atoms with Gasteiger partial charge < -0.3 is 15.4 Å². The summed E-state index contributed by atoms with van der Waals surface area (Å²) in [7, 11) is 0. The largest absolute Gasteiger partial charge is 0.373 e. The van der Waals surface area contributed by atoms with Crippen molar-refractivity contribution >= 4 is 11.9 Å². The van der Waals surface area contributed by atoms with E-state index in [0.29, 0.717) is 0 Å². The second kappa shape index (κ2) is 4.65. The Morgan fingerprint density at radius 3 is 1.92 bits per heavy atom. The van der Waals surface area contributed by atoms with Crippen molar-refractivity contribution < 1.29 is 19.3 Å². The van der Waals surface area contributed by atoms with Crippen LogP contribution < -0.4 is 17.5 Å². The summed E-state index contributed by atoms with van der Waals surface area (Å²) in [6, 6.07) is -1.16. The van der Waals surface area contributed by atoms with Crippen LogP contribution in [0.1, 0.15) is 6.92 Å². The summed E-state index contributed by atoms with van der Waals surface area (Å²) in [5.74, 6) is 6.53. The van der Waals surface area contributed by atoms with Gasteiger partial charge in [-0.3, -0.25) is 4.79 Å². The highest BCUT2D eigenvalue weighted by Gasteiger charge is 2.28. The maximum Gasteiger partial charge on any atom is 0.342 e. The van der Waals surface area contributed by atoms with Crippen LogP contribution in [0.15, 0.2) is 0 Å². The Morgan fingerprint density at radius 1 is 1.17 bits per heavy atom. The van der Waals surface area contributed by atoms with Crippen molar-refractivity contribution in [2.45, 2.75) is 13.0 Å². The molecule has 0 aliphatic rings. The first-order valence-corrected chi connectivity index (χ1v) is 3.11. The molecule has 0 rings (SSSR count). The first-order chi connectivity index (χ1) is 5.54. The first kappa shape index (κ1) is 10.8. The van der Waals surface area contributed by atoms with Gasteiger partial charge in [0.25, 0.3) is 0 Å². The number of carbonyl (C=O) groups is 2. The quantitative estimate of drug-likeness (QED) is 0.416. The summed E-state index contributed by atoms with van der Waals surface area (Å²) in [6.45, 7) is 1.37. The van der Waals surface area contributed by atoms with Crippen LogP contribution in [0.2, 0.25) is 0 Å². The van der Waals surface area contributed by atoms with Gasteiger partial charge in [0.15, 0.2) is 0 Å². The molecule has 0 bridgehead atoms. The predicted octanol–water partition coefficient (Wildman–Crippen LogP) is -2.22. The highest BCUT2D eigenvalue weighted by molar-refractivity contribution is 5.83. The van der Waals surface area contributed by atoms with Crippen LogP contribution in [-0.4, -0.2) is 18.0 Å². The molecule has 0 radical (unpaired) electrons. The molecule has 0 saturated heterocycles. The molecule has 0 aliphatic carbocycles. The van der Waals surface area contributed by atoms with E-state index in [-0.39, 0.29) is 0 Å². The van der Waals surface area contributed by atoms with Crippen molar-refractivity contribution in [3.05, 3.63) is 0 Å². The van der Waals surface area contributed by atoms with E-state index < -0.39 is 23.9 Å². The third-order valence-electron chi connectivity index (χ3n) is 1.41. The molecule has 7 nitrogen and oxygen atoms in total. The fourth-order valence-electron chi connectivity index (χ4n) is 0.537. The van der Waals surface area contributed by atoms with Gasteiger partial charge >= 0.3 is 11.9 Å². The zero-order valence-electron chi connectivity index (χ0n) is 6.52. The summed E-state index contributed by atoms with van der Waals surface area (Å²) < 4.78 is 0. The third-order valence-corrected chi connectivity index (χ3v) is 1.41. The molecule has 0 saturated carbocycles. The van der Waals surface area contributed by atoms with Crippen LogP contribution in [0, 0.1) is 5.92 Å². The van der Waals surface area contributed by atoms with Crippen LogP contribution in [-0.2, 0) is 19.3 Å². The number of rotatable bonds is 3. The van der Waals surface area contributed by atoms with Gasteiger partial charge in [0.05, 0.1) is 5.92 Å². The minimum absolute atomic E-state index is 0.798. The lowest BCUT2D eigenvalue weighted by molar-refractivity contribution is -0.156. The summed E-state index contributed by atoms with van der Waals surface area (Å²) in [4.78, 5) is 29.0. The van der Waals surface area contributed by atoms with E-state index in [2.05, 4.69) is 21.5 Å². The standard InChI is InChI=1S/C5H11N3O4/c1-2(4(9)11-7)3(6)5(10)12-8/h2-3H,6-8H2,1H3. The Hall–Kier alpha value is -1.18. The lowest BCUT2D eigenvalue weighted by atomic mass is 10.0. The van der Waals surface area contributed by atoms with Crippen LogP contribution in [0.25, 0.3) is 0 Å². The molecular formula is C5H11N3O4. The smallest absolute Gasteiger partial charge is 0.342 e. The summed E-state index contributed by atoms with van der Waals surface area (Å²) in [5.41, 5.74) is 5.24. The van der Waals surface area contributed by atoms with Crippen molar-refractivity contribution in [1.29, 1.82) is 0 Å². The number of hydrogen-bond donors (Lipinski definition) is 3. The van der Waals surface area contributed by atoms with Gasteiger partial charge in [-0.25, -0.2) is 4.79 Å². The second-order valence-electron chi connectivity index (χ2n) is 2.19. The maximum absolute atomic E-state index is 10.7. The van der Waals surface area contributed by atoms with Crippen LogP contribution in [0.5, 0.6) is 0 Å². The van der Waals surface area contributed by atoms with Crippen molar-refractivity contribution in [3.8, 4) is 0 Å². The zero-order valence-corrected chi connectivity index (χ0v) is 6.52. The van der Waals surface area contributed by atoms with E-state index in [4.69, 9.17) is 5.73 Å². The number of nitrogens with two attached hydrogens (primary N) is 3. The molecule has 70 valence electrons. The van der Waals surface area contributed by atoms with E-state index >= 15 is 0 Å². The third kappa shape index (κ3) is 2.46. The Bertz CT molecular complexity index is 164. The fraction of sp³-hybridized carbons (Fsp3) is 0.600. The molecule has 2 unspecified atom stereocenters. The number of carbonyl (C=O) groups excluding carboxylic acids is 2. The molecule has 7 heteroatoms. The molecule has 0 aromatic heterocycles. The van der Waals surface area contributed by atoms with Gasteiger partial charge in [-0.2, -0.15) is 11.8 Å². The molecule has 2 atom stereocenters. The molecule has 0 aromatic rings. The number of hydrogen-bond acceptors (Lipinski definition) is 7. The molecule has 0 fully saturated rings. The fourth-order valence-corrected chi connectivity index (χ4v) is 0.537. The van der Waals surface area contributed by atoms with Gasteiger partial charge in [0.2, 0.25) is 0 Å². The van der Waals surface area contributed by atoms with E-state index in [1.165, 1.54) is 6.92 Å². The van der Waals surface area contributed by atoms with Gasteiger partial charge in [0, 0.05) is 0 Å². The van der Waals surface area contributed by atoms with Crippen molar-refractivity contribution in [2.24, 2.45) is 23.4 Å².